The summed E-state index contributed by atoms with van der Waals surface area (Å²) < 4.78 is 32.3. The molecule has 0 atom stereocenters. The van der Waals surface area contributed by atoms with E-state index in [1.54, 1.807) is 6.07 Å². The van der Waals surface area contributed by atoms with Crippen molar-refractivity contribution >= 4 is 23.0 Å². The third-order valence-electron chi connectivity index (χ3n) is 3.17. The van der Waals surface area contributed by atoms with Gasteiger partial charge in [0, 0.05) is 13.1 Å². The number of para-hydroxylation sites is 2. The number of nitrogens with one attached hydrogen (secondary N) is 2. The molecule has 118 valence electrons. The molecule has 2 N–H and O–H groups in total. The van der Waals surface area contributed by atoms with E-state index in [-0.39, 0.29) is 6.54 Å². The monoisotopic (exact) mass is 317 g/mol. The summed E-state index contributed by atoms with van der Waals surface area (Å²) >= 11 is 0. The lowest BCUT2D eigenvalue weighted by Crippen LogP contribution is -2.30. The van der Waals surface area contributed by atoms with Gasteiger partial charge in [-0.15, -0.1) is 0 Å². The van der Waals surface area contributed by atoms with Crippen molar-refractivity contribution < 1.29 is 18.0 Å². The molecule has 0 aliphatic heterocycles. The van der Waals surface area contributed by atoms with Crippen molar-refractivity contribution in [1.82, 2.24) is 10.3 Å². The van der Waals surface area contributed by atoms with Crippen molar-refractivity contribution in [3.63, 3.8) is 0 Å². The number of nitrogens with zero attached hydrogens (tertiary/aromatic N) is 1. The molecular weight excluding hydrogens is 304 g/mol. The van der Waals surface area contributed by atoms with Gasteiger partial charge < -0.3 is 15.1 Å². The fraction of sp³-hybridized carbons (Fsp3) is 0.125. The Labute approximate surface area is 130 Å². The minimum absolute atomic E-state index is 0.158. The fourth-order valence-corrected chi connectivity index (χ4v) is 2.10. The maximum absolute atomic E-state index is 13.5. The Kier molecular flexibility index (Phi) is 4.18. The molecule has 0 aliphatic rings. The summed E-state index contributed by atoms with van der Waals surface area (Å²) in [4.78, 5) is 16.0. The van der Waals surface area contributed by atoms with Gasteiger partial charge in [-0.3, -0.25) is 4.79 Å². The van der Waals surface area contributed by atoms with Crippen LogP contribution >= 0.6 is 0 Å². The van der Waals surface area contributed by atoms with Crippen molar-refractivity contribution in [2.75, 3.05) is 18.4 Å². The second kappa shape index (κ2) is 6.43. The highest BCUT2D eigenvalue weighted by atomic mass is 19.1. The molecular formula is C16H13F2N3O2. The molecule has 0 bridgehead atoms. The van der Waals surface area contributed by atoms with Crippen LogP contribution in [-0.2, 0) is 0 Å². The summed E-state index contributed by atoms with van der Waals surface area (Å²) in [5, 5.41) is 5.32. The molecule has 0 unspecified atom stereocenters. The second-order valence-electron chi connectivity index (χ2n) is 4.77. The number of halogens is 2. The van der Waals surface area contributed by atoms with Crippen molar-refractivity contribution in [3.8, 4) is 0 Å². The molecule has 5 nitrogen and oxygen atoms in total. The predicted octanol–water partition coefficient (Wildman–Crippen LogP) is 2.95. The van der Waals surface area contributed by atoms with Gasteiger partial charge in [-0.25, -0.2) is 8.78 Å². The molecule has 0 spiro atoms. The first-order chi connectivity index (χ1) is 11.1. The van der Waals surface area contributed by atoms with Gasteiger partial charge in [0.05, 0.1) is 0 Å². The van der Waals surface area contributed by atoms with Crippen LogP contribution in [0.5, 0.6) is 0 Å². The number of anilines is 1. The average molecular weight is 317 g/mol. The van der Waals surface area contributed by atoms with Crippen molar-refractivity contribution in [2.45, 2.75) is 0 Å². The Hall–Kier alpha value is -2.96. The number of benzene rings is 2. The highest BCUT2D eigenvalue weighted by molar-refractivity contribution is 5.94. The number of oxazole rings is 1. The maximum atomic E-state index is 13.5. The summed E-state index contributed by atoms with van der Waals surface area (Å²) in [6.45, 7) is 0.458. The van der Waals surface area contributed by atoms with Crippen molar-refractivity contribution in [1.29, 1.82) is 0 Å². The van der Waals surface area contributed by atoms with E-state index < -0.39 is 23.1 Å². The minimum Gasteiger partial charge on any atom is -0.424 e. The van der Waals surface area contributed by atoms with E-state index in [1.165, 1.54) is 6.07 Å². The number of hydrogen-bond donors (Lipinski definition) is 2. The number of hydrogen-bond acceptors (Lipinski definition) is 4. The maximum Gasteiger partial charge on any atom is 0.295 e. The molecule has 1 amide bonds. The zero-order valence-corrected chi connectivity index (χ0v) is 12.0. The fourth-order valence-electron chi connectivity index (χ4n) is 2.10. The Balaban J connectivity index is 1.54. The predicted molar refractivity (Wildman–Crippen MR) is 81.2 cm³/mol. The standard InChI is InChI=1S/C16H13F2N3O2/c17-10-4-3-5-11(18)14(10)15(22)19-8-9-20-16-21-12-6-1-2-7-13(12)23-16/h1-7H,8-9H2,(H,19,22)(H,20,21). The lowest BCUT2D eigenvalue weighted by Gasteiger charge is -2.07. The largest absolute Gasteiger partial charge is 0.424 e. The van der Waals surface area contributed by atoms with Crippen LogP contribution in [-0.4, -0.2) is 24.0 Å². The molecule has 2 aromatic carbocycles. The normalized spacial score (nSPS) is 10.7. The van der Waals surface area contributed by atoms with E-state index in [1.807, 2.05) is 18.2 Å². The SMILES string of the molecule is O=C(NCCNc1nc2ccccc2o1)c1c(F)cccc1F. The van der Waals surface area contributed by atoms with Gasteiger partial charge in [-0.1, -0.05) is 18.2 Å². The number of aromatic nitrogens is 1. The molecule has 0 fully saturated rings. The van der Waals surface area contributed by atoms with Crippen LogP contribution in [0.4, 0.5) is 14.8 Å². The molecule has 3 rings (SSSR count). The van der Waals surface area contributed by atoms with Crippen LogP contribution in [0, 0.1) is 11.6 Å². The van der Waals surface area contributed by atoms with E-state index >= 15 is 0 Å². The van der Waals surface area contributed by atoms with Gasteiger partial charge in [-0.05, 0) is 24.3 Å². The van der Waals surface area contributed by atoms with E-state index in [0.29, 0.717) is 23.7 Å². The molecule has 1 aromatic heterocycles. The Morgan fingerprint density at radius 3 is 2.52 bits per heavy atom. The molecule has 3 aromatic rings. The minimum atomic E-state index is -0.894. The topological polar surface area (TPSA) is 67.2 Å². The van der Waals surface area contributed by atoms with E-state index in [0.717, 1.165) is 12.1 Å². The van der Waals surface area contributed by atoms with Gasteiger partial charge in [0.2, 0.25) is 0 Å². The van der Waals surface area contributed by atoms with E-state index in [9.17, 15) is 13.6 Å². The number of fused-ring (bicyclic) bond motifs is 1. The molecule has 0 saturated carbocycles. The van der Waals surface area contributed by atoms with Crippen LogP contribution in [0.3, 0.4) is 0 Å². The van der Waals surface area contributed by atoms with Gasteiger partial charge >= 0.3 is 0 Å². The number of carbonyl (C=O) groups is 1. The highest BCUT2D eigenvalue weighted by Gasteiger charge is 2.16. The summed E-state index contributed by atoms with van der Waals surface area (Å²) in [5.74, 6) is -2.59. The number of amides is 1. The third-order valence-corrected chi connectivity index (χ3v) is 3.17. The van der Waals surface area contributed by atoms with Crippen molar-refractivity contribution in [2.24, 2.45) is 0 Å². The molecule has 0 aliphatic carbocycles. The summed E-state index contributed by atoms with van der Waals surface area (Å²) in [6.07, 6.45) is 0. The Morgan fingerprint density at radius 1 is 1.04 bits per heavy atom. The first-order valence-corrected chi connectivity index (χ1v) is 6.97. The molecule has 7 heteroatoms. The first kappa shape index (κ1) is 15.0. The summed E-state index contributed by atoms with van der Waals surface area (Å²) in [5.41, 5.74) is 0.772. The molecule has 23 heavy (non-hydrogen) atoms. The Bertz CT molecular complexity index is 795. The molecule has 0 saturated heterocycles. The first-order valence-electron chi connectivity index (χ1n) is 6.97. The molecule has 0 radical (unpaired) electrons. The third kappa shape index (κ3) is 3.28. The number of carbonyl (C=O) groups excluding carboxylic acids is 1. The summed E-state index contributed by atoms with van der Waals surface area (Å²) in [6, 6.07) is 10.9. The highest BCUT2D eigenvalue weighted by Crippen LogP contribution is 2.17. The van der Waals surface area contributed by atoms with E-state index in [2.05, 4.69) is 15.6 Å². The van der Waals surface area contributed by atoms with Crippen LogP contribution in [0.25, 0.3) is 11.1 Å². The van der Waals surface area contributed by atoms with Crippen LogP contribution in [0.15, 0.2) is 46.9 Å². The van der Waals surface area contributed by atoms with E-state index in [4.69, 9.17) is 4.42 Å². The van der Waals surface area contributed by atoms with Gasteiger partial charge in [-0.2, -0.15) is 4.98 Å². The lowest BCUT2D eigenvalue weighted by atomic mass is 10.2. The molecule has 1 heterocycles. The lowest BCUT2D eigenvalue weighted by molar-refractivity contribution is 0.0946. The van der Waals surface area contributed by atoms with Gasteiger partial charge in [0.15, 0.2) is 5.58 Å². The number of rotatable bonds is 5. The van der Waals surface area contributed by atoms with Crippen LogP contribution in [0.2, 0.25) is 0 Å². The van der Waals surface area contributed by atoms with Gasteiger partial charge in [0.1, 0.15) is 22.7 Å². The summed E-state index contributed by atoms with van der Waals surface area (Å²) in [7, 11) is 0. The van der Waals surface area contributed by atoms with Crippen LogP contribution < -0.4 is 10.6 Å². The average Bonchev–Trinajstić information content (AvgIpc) is 2.94. The Morgan fingerprint density at radius 2 is 1.78 bits per heavy atom. The van der Waals surface area contributed by atoms with Crippen molar-refractivity contribution in [3.05, 3.63) is 59.7 Å². The smallest absolute Gasteiger partial charge is 0.295 e. The van der Waals surface area contributed by atoms with Gasteiger partial charge in [0.25, 0.3) is 11.9 Å². The van der Waals surface area contributed by atoms with Crippen LogP contribution in [0.1, 0.15) is 10.4 Å². The zero-order valence-electron chi connectivity index (χ0n) is 12.0. The zero-order chi connectivity index (χ0) is 16.2. The quantitative estimate of drug-likeness (QED) is 0.710. The second-order valence-corrected chi connectivity index (χ2v) is 4.77.